The van der Waals surface area contributed by atoms with Crippen molar-refractivity contribution < 1.29 is 9.90 Å². The van der Waals surface area contributed by atoms with E-state index in [1.807, 2.05) is 0 Å². The van der Waals surface area contributed by atoms with Crippen molar-refractivity contribution in [2.24, 2.45) is 17.8 Å². The molecule has 0 aliphatic heterocycles. The molecule has 0 saturated heterocycles. The van der Waals surface area contributed by atoms with Gasteiger partial charge in [0.1, 0.15) is 0 Å². The van der Waals surface area contributed by atoms with Crippen molar-refractivity contribution in [3.05, 3.63) is 35.4 Å². The number of carboxylic acid groups (broad SMARTS) is 1. The quantitative estimate of drug-likeness (QED) is 0.507. The first-order valence-corrected chi connectivity index (χ1v) is 11.0. The van der Waals surface area contributed by atoms with E-state index < -0.39 is 5.97 Å². The van der Waals surface area contributed by atoms with Crippen molar-refractivity contribution in [2.45, 2.75) is 89.9 Å². The predicted octanol–water partition coefficient (Wildman–Crippen LogP) is 7.05. The SMILES string of the molecule is CCCCCCCC1CCC2CC(c3ccc(C(=O)O)cc3)CCC2C1. The minimum absolute atomic E-state index is 0.405. The highest BCUT2D eigenvalue weighted by Gasteiger charge is 2.35. The second kappa shape index (κ2) is 9.58. The molecule has 3 rings (SSSR count). The Labute approximate surface area is 159 Å². The largest absolute Gasteiger partial charge is 0.478 e. The molecule has 2 nitrogen and oxygen atoms in total. The minimum atomic E-state index is -0.826. The van der Waals surface area contributed by atoms with E-state index in [0.29, 0.717) is 11.5 Å². The van der Waals surface area contributed by atoms with Crippen LogP contribution in [0.1, 0.15) is 106 Å². The van der Waals surface area contributed by atoms with Crippen LogP contribution in [0.4, 0.5) is 0 Å². The predicted molar refractivity (Wildman–Crippen MR) is 108 cm³/mol. The fourth-order valence-corrected chi connectivity index (χ4v) is 5.49. The third-order valence-electron chi connectivity index (χ3n) is 7.07. The third-order valence-corrected chi connectivity index (χ3v) is 7.07. The van der Waals surface area contributed by atoms with Gasteiger partial charge in [-0.2, -0.15) is 0 Å². The van der Waals surface area contributed by atoms with Crippen molar-refractivity contribution in [1.29, 1.82) is 0 Å². The summed E-state index contributed by atoms with van der Waals surface area (Å²) in [4.78, 5) is 11.0. The van der Waals surface area contributed by atoms with Crippen molar-refractivity contribution in [2.75, 3.05) is 0 Å². The molecule has 0 bridgehead atoms. The summed E-state index contributed by atoms with van der Waals surface area (Å²) < 4.78 is 0. The van der Waals surface area contributed by atoms with Crippen LogP contribution in [0.5, 0.6) is 0 Å². The van der Waals surface area contributed by atoms with Gasteiger partial charge in [0.2, 0.25) is 0 Å². The number of benzene rings is 1. The zero-order chi connectivity index (χ0) is 18.4. The van der Waals surface area contributed by atoms with Crippen LogP contribution >= 0.6 is 0 Å². The lowest BCUT2D eigenvalue weighted by Crippen LogP contribution is -2.30. The highest BCUT2D eigenvalue weighted by atomic mass is 16.4. The summed E-state index contributed by atoms with van der Waals surface area (Å²) in [6.45, 7) is 2.29. The number of rotatable bonds is 8. The molecule has 0 spiro atoms. The molecule has 26 heavy (non-hydrogen) atoms. The number of carboxylic acids is 1. The maximum Gasteiger partial charge on any atom is 0.335 e. The maximum atomic E-state index is 11.0. The summed E-state index contributed by atoms with van der Waals surface area (Å²) >= 11 is 0. The van der Waals surface area contributed by atoms with Crippen LogP contribution in [0.2, 0.25) is 0 Å². The van der Waals surface area contributed by atoms with E-state index in [9.17, 15) is 4.79 Å². The molecule has 0 aromatic heterocycles. The lowest BCUT2D eigenvalue weighted by Gasteiger charge is -2.42. The van der Waals surface area contributed by atoms with Crippen molar-refractivity contribution in [1.82, 2.24) is 0 Å². The van der Waals surface area contributed by atoms with Crippen LogP contribution in [-0.4, -0.2) is 11.1 Å². The molecule has 4 atom stereocenters. The Balaban J connectivity index is 1.45. The molecular weight excluding hydrogens is 320 g/mol. The maximum absolute atomic E-state index is 11.0. The van der Waals surface area contributed by atoms with Gasteiger partial charge in [0.25, 0.3) is 0 Å². The highest BCUT2D eigenvalue weighted by Crippen LogP contribution is 2.48. The summed E-state index contributed by atoms with van der Waals surface area (Å²) in [5, 5.41) is 9.07. The van der Waals surface area contributed by atoms with Gasteiger partial charge in [-0.1, -0.05) is 64.0 Å². The topological polar surface area (TPSA) is 37.3 Å². The molecule has 0 radical (unpaired) electrons. The van der Waals surface area contributed by atoms with E-state index in [1.54, 1.807) is 12.1 Å². The number of hydrogen-bond acceptors (Lipinski definition) is 1. The Hall–Kier alpha value is -1.31. The van der Waals surface area contributed by atoms with Crippen molar-refractivity contribution in [3.63, 3.8) is 0 Å². The molecule has 4 unspecified atom stereocenters. The Kier molecular flexibility index (Phi) is 7.16. The van der Waals surface area contributed by atoms with Crippen LogP contribution < -0.4 is 0 Å². The standard InChI is InChI=1S/C24H36O2/c1-2-3-4-5-6-7-18-8-9-23-17-22(15-14-21(23)16-18)19-10-12-20(13-11-19)24(25)26/h10-13,18,21-23H,2-9,14-17H2,1H3,(H,25,26). The van der Waals surface area contributed by atoms with E-state index in [2.05, 4.69) is 19.1 Å². The lowest BCUT2D eigenvalue weighted by atomic mass is 9.63. The summed E-state index contributed by atoms with van der Waals surface area (Å²) in [7, 11) is 0. The van der Waals surface area contributed by atoms with Gasteiger partial charge in [0, 0.05) is 0 Å². The monoisotopic (exact) mass is 356 g/mol. The van der Waals surface area contributed by atoms with Crippen molar-refractivity contribution in [3.8, 4) is 0 Å². The zero-order valence-corrected chi connectivity index (χ0v) is 16.5. The van der Waals surface area contributed by atoms with Crippen LogP contribution in [0, 0.1) is 17.8 Å². The second-order valence-electron chi connectivity index (χ2n) is 8.84. The van der Waals surface area contributed by atoms with Crippen LogP contribution in [0.15, 0.2) is 24.3 Å². The molecule has 0 heterocycles. The summed E-state index contributed by atoms with van der Waals surface area (Å²) in [6, 6.07) is 7.66. The van der Waals surface area contributed by atoms with Gasteiger partial charge in [-0.25, -0.2) is 4.79 Å². The van der Waals surface area contributed by atoms with E-state index in [4.69, 9.17) is 5.11 Å². The molecule has 1 aromatic carbocycles. The fraction of sp³-hybridized carbons (Fsp3) is 0.708. The van der Waals surface area contributed by atoms with Gasteiger partial charge in [0.05, 0.1) is 5.56 Å². The van der Waals surface area contributed by atoms with Gasteiger partial charge in [-0.3, -0.25) is 0 Å². The minimum Gasteiger partial charge on any atom is -0.478 e. The molecule has 1 N–H and O–H groups in total. The number of carbonyl (C=O) groups is 1. The Morgan fingerprint density at radius 3 is 2.35 bits per heavy atom. The molecule has 2 aliphatic carbocycles. The van der Waals surface area contributed by atoms with E-state index in [1.165, 1.54) is 82.6 Å². The van der Waals surface area contributed by atoms with Gasteiger partial charge in [-0.15, -0.1) is 0 Å². The van der Waals surface area contributed by atoms with E-state index in [-0.39, 0.29) is 0 Å². The lowest BCUT2D eigenvalue weighted by molar-refractivity contribution is 0.0697. The Bertz CT molecular complexity index is 562. The Morgan fingerprint density at radius 2 is 1.62 bits per heavy atom. The van der Waals surface area contributed by atoms with Crippen LogP contribution in [-0.2, 0) is 0 Å². The van der Waals surface area contributed by atoms with Crippen molar-refractivity contribution >= 4 is 5.97 Å². The van der Waals surface area contributed by atoms with Crippen LogP contribution in [0.3, 0.4) is 0 Å². The third kappa shape index (κ3) is 5.11. The smallest absolute Gasteiger partial charge is 0.335 e. The molecule has 2 fully saturated rings. The second-order valence-corrected chi connectivity index (χ2v) is 8.84. The van der Waals surface area contributed by atoms with Gasteiger partial charge < -0.3 is 5.11 Å². The number of fused-ring (bicyclic) bond motifs is 1. The molecular formula is C24H36O2. The summed E-state index contributed by atoms with van der Waals surface area (Å²) in [5.74, 6) is 2.67. The Morgan fingerprint density at radius 1 is 0.923 bits per heavy atom. The number of aromatic carboxylic acids is 1. The van der Waals surface area contributed by atoms with Crippen LogP contribution in [0.25, 0.3) is 0 Å². The first kappa shape index (κ1) is 19.5. The van der Waals surface area contributed by atoms with E-state index >= 15 is 0 Å². The summed E-state index contributed by atoms with van der Waals surface area (Å²) in [6.07, 6.45) is 16.9. The molecule has 144 valence electrons. The molecule has 0 amide bonds. The summed E-state index contributed by atoms with van der Waals surface area (Å²) in [5.41, 5.74) is 1.76. The first-order valence-electron chi connectivity index (χ1n) is 11.0. The van der Waals surface area contributed by atoms with E-state index in [0.717, 1.165) is 17.8 Å². The molecule has 2 saturated carbocycles. The number of hydrogen-bond donors (Lipinski definition) is 1. The molecule has 1 aromatic rings. The van der Waals surface area contributed by atoms with Gasteiger partial charge in [0.15, 0.2) is 0 Å². The number of unbranched alkanes of at least 4 members (excludes halogenated alkanes) is 4. The first-order chi connectivity index (χ1) is 12.7. The van der Waals surface area contributed by atoms with Gasteiger partial charge in [-0.05, 0) is 73.5 Å². The normalized spacial score (nSPS) is 28.5. The van der Waals surface area contributed by atoms with Gasteiger partial charge >= 0.3 is 5.97 Å². The highest BCUT2D eigenvalue weighted by molar-refractivity contribution is 5.87. The zero-order valence-electron chi connectivity index (χ0n) is 16.5. The average molecular weight is 357 g/mol. The average Bonchev–Trinajstić information content (AvgIpc) is 2.67. The fourth-order valence-electron chi connectivity index (χ4n) is 5.49. The molecule has 2 heteroatoms. The molecule has 2 aliphatic rings.